The number of benzene rings is 1. The second-order valence-corrected chi connectivity index (χ2v) is 4.71. The maximum Gasteiger partial charge on any atom is 0.254 e. The Morgan fingerprint density at radius 1 is 1.26 bits per heavy atom. The summed E-state index contributed by atoms with van der Waals surface area (Å²) in [5.74, 6) is -0.275. The van der Waals surface area contributed by atoms with E-state index in [1.54, 1.807) is 18.3 Å². The van der Waals surface area contributed by atoms with Crippen molar-refractivity contribution in [1.29, 1.82) is 0 Å². The number of nitrogens with zero attached hydrogens (tertiary/aromatic N) is 1. The van der Waals surface area contributed by atoms with E-state index >= 15 is 0 Å². The molecule has 0 spiro atoms. The first-order valence-electron chi connectivity index (χ1n) is 5.79. The van der Waals surface area contributed by atoms with Crippen LogP contribution in [0.2, 0.25) is 0 Å². The van der Waals surface area contributed by atoms with Gasteiger partial charge in [-0.2, -0.15) is 0 Å². The molecule has 2 N–H and O–H groups in total. The maximum atomic E-state index is 12.1. The summed E-state index contributed by atoms with van der Waals surface area (Å²) in [7, 11) is 0. The summed E-state index contributed by atoms with van der Waals surface area (Å²) in [6.45, 7) is -0.159. The van der Waals surface area contributed by atoms with Gasteiger partial charge in [0.2, 0.25) is 0 Å². The smallest absolute Gasteiger partial charge is 0.254 e. The third-order valence-corrected chi connectivity index (χ3v) is 3.33. The first-order valence-corrected chi connectivity index (χ1v) is 6.59. The number of aromatic nitrogens is 1. The highest BCUT2D eigenvalue weighted by molar-refractivity contribution is 9.10. The third kappa shape index (κ3) is 3.39. The summed E-state index contributed by atoms with van der Waals surface area (Å²) >= 11 is 3.23. The predicted molar refractivity (Wildman–Crippen MR) is 75.7 cm³/mol. The minimum atomic E-state index is -0.430. The van der Waals surface area contributed by atoms with Crippen LogP contribution in [0.5, 0.6) is 0 Å². The fraction of sp³-hybridized carbons (Fsp3) is 0.143. The monoisotopic (exact) mass is 320 g/mol. The summed E-state index contributed by atoms with van der Waals surface area (Å²) in [6, 6.07) is 12.3. The summed E-state index contributed by atoms with van der Waals surface area (Å²) in [5.41, 5.74) is 1.30. The van der Waals surface area contributed by atoms with Gasteiger partial charge in [-0.1, -0.05) is 30.3 Å². The molecule has 0 radical (unpaired) electrons. The Bertz CT molecular complexity index is 560. The highest BCUT2D eigenvalue weighted by Crippen LogP contribution is 2.16. The number of hydrogen-bond donors (Lipinski definition) is 2. The third-order valence-electron chi connectivity index (χ3n) is 2.69. The van der Waals surface area contributed by atoms with Crippen molar-refractivity contribution in [3.63, 3.8) is 0 Å². The first-order chi connectivity index (χ1) is 9.22. The summed E-state index contributed by atoms with van der Waals surface area (Å²) < 4.78 is 0.484. The number of aliphatic hydroxyl groups excluding tert-OH is 1. The van der Waals surface area contributed by atoms with E-state index in [1.807, 2.05) is 30.3 Å². The standard InChI is InChI=1S/C14H13BrN2O2/c15-13-11(7-4-8-16-13)14(19)17-12(9-18)10-5-2-1-3-6-10/h1-8,12,18H,9H2,(H,17,19). The number of pyridine rings is 1. The molecule has 0 aliphatic rings. The molecule has 0 saturated carbocycles. The van der Waals surface area contributed by atoms with Gasteiger partial charge in [0.05, 0.1) is 18.2 Å². The average molecular weight is 321 g/mol. The molecular formula is C14H13BrN2O2. The topological polar surface area (TPSA) is 62.2 Å². The fourth-order valence-corrected chi connectivity index (χ4v) is 2.14. The molecule has 1 amide bonds. The predicted octanol–water partition coefficient (Wildman–Crippen LogP) is 2.31. The second kappa shape index (κ2) is 6.45. The van der Waals surface area contributed by atoms with Crippen molar-refractivity contribution in [2.75, 3.05) is 6.61 Å². The van der Waals surface area contributed by atoms with E-state index in [4.69, 9.17) is 0 Å². The molecular weight excluding hydrogens is 308 g/mol. The Morgan fingerprint density at radius 2 is 2.00 bits per heavy atom. The molecule has 0 fully saturated rings. The molecule has 4 nitrogen and oxygen atoms in total. The number of hydrogen-bond acceptors (Lipinski definition) is 3. The molecule has 98 valence electrons. The number of aliphatic hydroxyl groups is 1. The Balaban J connectivity index is 2.16. The van der Waals surface area contributed by atoms with Gasteiger partial charge < -0.3 is 10.4 Å². The van der Waals surface area contributed by atoms with Crippen LogP contribution in [-0.4, -0.2) is 22.6 Å². The van der Waals surface area contributed by atoms with Gasteiger partial charge in [-0.3, -0.25) is 4.79 Å². The lowest BCUT2D eigenvalue weighted by atomic mass is 10.1. The molecule has 0 saturated heterocycles. The van der Waals surface area contributed by atoms with E-state index in [1.165, 1.54) is 0 Å². The molecule has 0 aliphatic heterocycles. The van der Waals surface area contributed by atoms with Gasteiger partial charge in [0, 0.05) is 6.20 Å². The van der Waals surface area contributed by atoms with Crippen LogP contribution in [0.25, 0.3) is 0 Å². The van der Waals surface area contributed by atoms with Gasteiger partial charge in [-0.15, -0.1) is 0 Å². The van der Waals surface area contributed by atoms with E-state index in [-0.39, 0.29) is 12.5 Å². The molecule has 2 aromatic rings. The minimum Gasteiger partial charge on any atom is -0.394 e. The first kappa shape index (κ1) is 13.7. The van der Waals surface area contributed by atoms with Gasteiger partial charge in [0.25, 0.3) is 5.91 Å². The van der Waals surface area contributed by atoms with Crippen LogP contribution < -0.4 is 5.32 Å². The van der Waals surface area contributed by atoms with Crippen molar-refractivity contribution in [3.05, 3.63) is 64.4 Å². The molecule has 19 heavy (non-hydrogen) atoms. The van der Waals surface area contributed by atoms with Crippen LogP contribution in [0.4, 0.5) is 0 Å². The second-order valence-electron chi connectivity index (χ2n) is 3.96. The lowest BCUT2D eigenvalue weighted by Gasteiger charge is -2.17. The van der Waals surface area contributed by atoms with Crippen molar-refractivity contribution in [1.82, 2.24) is 10.3 Å². The van der Waals surface area contributed by atoms with E-state index < -0.39 is 6.04 Å². The maximum absolute atomic E-state index is 12.1. The molecule has 0 aliphatic carbocycles. The highest BCUT2D eigenvalue weighted by atomic mass is 79.9. The minimum absolute atomic E-state index is 0.159. The lowest BCUT2D eigenvalue weighted by Crippen LogP contribution is -2.31. The van der Waals surface area contributed by atoms with Crippen molar-refractivity contribution in [2.45, 2.75) is 6.04 Å². The Kier molecular flexibility index (Phi) is 4.65. The van der Waals surface area contributed by atoms with Crippen molar-refractivity contribution >= 4 is 21.8 Å². The van der Waals surface area contributed by atoms with Gasteiger partial charge in [0.1, 0.15) is 4.60 Å². The van der Waals surface area contributed by atoms with Crippen LogP contribution >= 0.6 is 15.9 Å². The fourth-order valence-electron chi connectivity index (χ4n) is 1.71. The summed E-state index contributed by atoms with van der Waals surface area (Å²) in [5, 5.41) is 12.2. The molecule has 1 atom stereocenters. The zero-order chi connectivity index (χ0) is 13.7. The van der Waals surface area contributed by atoms with E-state index in [0.717, 1.165) is 5.56 Å². The number of carbonyl (C=O) groups excluding carboxylic acids is 1. The van der Waals surface area contributed by atoms with Gasteiger partial charge in [0.15, 0.2) is 0 Å². The Hall–Kier alpha value is -1.72. The molecule has 1 aromatic heterocycles. The van der Waals surface area contributed by atoms with E-state index in [9.17, 15) is 9.90 Å². The van der Waals surface area contributed by atoms with Crippen LogP contribution in [0.3, 0.4) is 0 Å². The number of rotatable bonds is 4. The largest absolute Gasteiger partial charge is 0.394 e. The molecule has 1 aromatic carbocycles. The van der Waals surface area contributed by atoms with Crippen molar-refractivity contribution in [2.24, 2.45) is 0 Å². The van der Waals surface area contributed by atoms with Gasteiger partial charge >= 0.3 is 0 Å². The zero-order valence-electron chi connectivity index (χ0n) is 10.1. The van der Waals surface area contributed by atoms with E-state index in [2.05, 4.69) is 26.2 Å². The highest BCUT2D eigenvalue weighted by Gasteiger charge is 2.16. The lowest BCUT2D eigenvalue weighted by molar-refractivity contribution is 0.0915. The molecule has 5 heteroatoms. The zero-order valence-corrected chi connectivity index (χ0v) is 11.7. The van der Waals surface area contributed by atoms with Crippen molar-refractivity contribution < 1.29 is 9.90 Å². The number of halogens is 1. The van der Waals surface area contributed by atoms with Crippen LogP contribution in [-0.2, 0) is 0 Å². The Labute approximate surface area is 119 Å². The number of amides is 1. The molecule has 0 bridgehead atoms. The normalized spacial score (nSPS) is 11.9. The number of nitrogens with one attached hydrogen (secondary N) is 1. The van der Waals surface area contributed by atoms with Crippen LogP contribution in [0, 0.1) is 0 Å². The van der Waals surface area contributed by atoms with Crippen LogP contribution in [0.1, 0.15) is 22.0 Å². The van der Waals surface area contributed by atoms with Crippen molar-refractivity contribution in [3.8, 4) is 0 Å². The number of carbonyl (C=O) groups is 1. The van der Waals surface area contributed by atoms with E-state index in [0.29, 0.717) is 10.2 Å². The quantitative estimate of drug-likeness (QED) is 0.850. The average Bonchev–Trinajstić information content (AvgIpc) is 2.46. The molecule has 2 rings (SSSR count). The Morgan fingerprint density at radius 3 is 2.63 bits per heavy atom. The van der Waals surface area contributed by atoms with Gasteiger partial charge in [-0.25, -0.2) is 4.98 Å². The van der Waals surface area contributed by atoms with Gasteiger partial charge in [-0.05, 0) is 33.6 Å². The molecule has 1 unspecified atom stereocenters. The van der Waals surface area contributed by atoms with Crippen LogP contribution in [0.15, 0.2) is 53.3 Å². The summed E-state index contributed by atoms with van der Waals surface area (Å²) in [6.07, 6.45) is 1.60. The SMILES string of the molecule is O=C(NC(CO)c1ccccc1)c1cccnc1Br. The molecule has 1 heterocycles. The summed E-state index contributed by atoms with van der Waals surface area (Å²) in [4.78, 5) is 16.1.